The van der Waals surface area contributed by atoms with Crippen molar-refractivity contribution in [2.24, 2.45) is 0 Å². The fourth-order valence-corrected chi connectivity index (χ4v) is 2.47. The van der Waals surface area contributed by atoms with Crippen molar-refractivity contribution in [1.29, 1.82) is 0 Å². The van der Waals surface area contributed by atoms with Crippen molar-refractivity contribution in [1.82, 2.24) is 0 Å². The van der Waals surface area contributed by atoms with Crippen molar-refractivity contribution >= 4 is 28.6 Å². The van der Waals surface area contributed by atoms with E-state index >= 15 is 0 Å². The number of rotatable bonds is 6. The normalized spacial score (nSPS) is 10.9. The molecular weight excluding hydrogens is 316 g/mol. The summed E-state index contributed by atoms with van der Waals surface area (Å²) in [4.78, 5) is 21.9. The van der Waals surface area contributed by atoms with Gasteiger partial charge in [0.2, 0.25) is 0 Å². The van der Waals surface area contributed by atoms with Crippen molar-refractivity contribution in [2.75, 3.05) is 6.61 Å². The average molecular weight is 332 g/mol. The first kappa shape index (κ1) is 16.5. The molecular formula is C21H16O4. The van der Waals surface area contributed by atoms with E-state index in [0.717, 1.165) is 5.56 Å². The number of carbonyl (C=O) groups excluding carboxylic acids is 1. The second-order valence-electron chi connectivity index (χ2n) is 5.48. The molecule has 124 valence electrons. The van der Waals surface area contributed by atoms with Gasteiger partial charge in [-0.05, 0) is 52.7 Å². The van der Waals surface area contributed by atoms with E-state index in [1.165, 1.54) is 22.9 Å². The SMILES string of the molecule is O=C(O)C(=O)c1ccc(OCC=Cc2ccc3ccccc3c2)cc1. The summed E-state index contributed by atoms with van der Waals surface area (Å²) in [5.41, 5.74) is 1.22. The molecule has 0 aromatic heterocycles. The summed E-state index contributed by atoms with van der Waals surface area (Å²) in [5.74, 6) is -1.82. The number of ether oxygens (including phenoxy) is 1. The van der Waals surface area contributed by atoms with Crippen LogP contribution in [-0.2, 0) is 4.79 Å². The van der Waals surface area contributed by atoms with E-state index in [0.29, 0.717) is 12.4 Å². The Morgan fingerprint density at radius 1 is 0.920 bits per heavy atom. The second-order valence-corrected chi connectivity index (χ2v) is 5.48. The number of hydrogen-bond acceptors (Lipinski definition) is 3. The Bertz CT molecular complexity index is 940. The second kappa shape index (κ2) is 7.45. The smallest absolute Gasteiger partial charge is 0.377 e. The third-order valence-corrected chi connectivity index (χ3v) is 3.74. The predicted octanol–water partition coefficient (Wildman–Crippen LogP) is 4.20. The summed E-state index contributed by atoms with van der Waals surface area (Å²) in [7, 11) is 0. The lowest BCUT2D eigenvalue weighted by atomic mass is 10.1. The molecule has 3 rings (SSSR count). The maximum absolute atomic E-state index is 11.3. The molecule has 3 aromatic rings. The molecule has 0 bridgehead atoms. The largest absolute Gasteiger partial charge is 0.490 e. The lowest BCUT2D eigenvalue weighted by Crippen LogP contribution is -2.12. The van der Waals surface area contributed by atoms with Crippen LogP contribution in [0.25, 0.3) is 16.8 Å². The first-order valence-electron chi connectivity index (χ1n) is 7.79. The molecule has 0 amide bonds. The maximum Gasteiger partial charge on any atom is 0.377 e. The number of ketones is 1. The van der Waals surface area contributed by atoms with Crippen LogP contribution in [-0.4, -0.2) is 23.5 Å². The summed E-state index contributed by atoms with van der Waals surface area (Å²) in [6.45, 7) is 0.374. The number of fused-ring (bicyclic) bond motifs is 1. The van der Waals surface area contributed by atoms with Crippen molar-refractivity contribution in [3.05, 3.63) is 83.9 Å². The average Bonchev–Trinajstić information content (AvgIpc) is 2.65. The van der Waals surface area contributed by atoms with Crippen molar-refractivity contribution in [3.63, 3.8) is 0 Å². The maximum atomic E-state index is 11.3. The Morgan fingerprint density at radius 3 is 2.36 bits per heavy atom. The molecule has 1 N–H and O–H groups in total. The fourth-order valence-electron chi connectivity index (χ4n) is 2.47. The number of carboxylic acid groups (broad SMARTS) is 1. The highest BCUT2D eigenvalue weighted by Gasteiger charge is 2.13. The fraction of sp³-hybridized carbons (Fsp3) is 0.0476. The molecule has 0 heterocycles. The number of aliphatic carboxylic acids is 1. The molecule has 0 aliphatic rings. The van der Waals surface area contributed by atoms with Gasteiger partial charge in [-0.15, -0.1) is 0 Å². The Balaban J connectivity index is 1.59. The van der Waals surface area contributed by atoms with E-state index in [2.05, 4.69) is 24.3 Å². The van der Waals surface area contributed by atoms with Crippen molar-refractivity contribution in [3.8, 4) is 5.75 Å². The van der Waals surface area contributed by atoms with Gasteiger partial charge in [-0.1, -0.05) is 42.5 Å². The number of carboxylic acids is 1. The Kier molecular flexibility index (Phi) is 4.90. The molecule has 0 fully saturated rings. The third kappa shape index (κ3) is 4.12. The lowest BCUT2D eigenvalue weighted by Gasteiger charge is -2.04. The summed E-state index contributed by atoms with van der Waals surface area (Å²) in [6, 6.07) is 20.5. The minimum atomic E-state index is -1.47. The van der Waals surface area contributed by atoms with E-state index < -0.39 is 11.8 Å². The van der Waals surface area contributed by atoms with Gasteiger partial charge in [-0.3, -0.25) is 4.79 Å². The first-order chi connectivity index (χ1) is 12.1. The van der Waals surface area contributed by atoms with E-state index in [1.54, 1.807) is 12.1 Å². The van der Waals surface area contributed by atoms with Crippen LogP contribution in [0, 0.1) is 0 Å². The molecule has 3 aromatic carbocycles. The van der Waals surface area contributed by atoms with Crippen LogP contribution in [0.5, 0.6) is 5.75 Å². The standard InChI is InChI=1S/C21H16O4/c22-20(21(23)24)17-9-11-19(12-10-17)25-13-3-4-15-7-8-16-5-1-2-6-18(16)14-15/h1-12,14H,13H2,(H,23,24). The molecule has 0 saturated heterocycles. The van der Waals surface area contributed by atoms with Gasteiger partial charge in [-0.25, -0.2) is 4.79 Å². The highest BCUT2D eigenvalue weighted by atomic mass is 16.5. The van der Waals surface area contributed by atoms with E-state index in [9.17, 15) is 9.59 Å². The van der Waals surface area contributed by atoms with Crippen LogP contribution < -0.4 is 4.74 Å². The van der Waals surface area contributed by atoms with Crippen LogP contribution >= 0.6 is 0 Å². The Hall–Kier alpha value is -3.40. The van der Waals surface area contributed by atoms with Gasteiger partial charge in [0.1, 0.15) is 12.4 Å². The Morgan fingerprint density at radius 2 is 1.64 bits per heavy atom. The molecule has 25 heavy (non-hydrogen) atoms. The van der Waals surface area contributed by atoms with Gasteiger partial charge >= 0.3 is 5.97 Å². The van der Waals surface area contributed by atoms with Crippen molar-refractivity contribution in [2.45, 2.75) is 0 Å². The molecule has 0 spiro atoms. The van der Waals surface area contributed by atoms with Crippen LogP contribution in [0.3, 0.4) is 0 Å². The topological polar surface area (TPSA) is 63.6 Å². The van der Waals surface area contributed by atoms with Gasteiger partial charge in [0.05, 0.1) is 0 Å². The van der Waals surface area contributed by atoms with Gasteiger partial charge in [0.25, 0.3) is 5.78 Å². The molecule has 0 radical (unpaired) electrons. The van der Waals surface area contributed by atoms with Crippen molar-refractivity contribution < 1.29 is 19.4 Å². The van der Waals surface area contributed by atoms with Gasteiger partial charge < -0.3 is 9.84 Å². The van der Waals surface area contributed by atoms with E-state index in [-0.39, 0.29) is 5.56 Å². The van der Waals surface area contributed by atoms with Gasteiger partial charge in [-0.2, -0.15) is 0 Å². The van der Waals surface area contributed by atoms with Crippen LogP contribution in [0.15, 0.2) is 72.8 Å². The van der Waals surface area contributed by atoms with Crippen LogP contribution in [0.2, 0.25) is 0 Å². The molecule has 0 aliphatic carbocycles. The number of hydrogen-bond donors (Lipinski definition) is 1. The van der Waals surface area contributed by atoms with Crippen LogP contribution in [0.4, 0.5) is 0 Å². The monoisotopic (exact) mass is 332 g/mol. The Labute approximate surface area is 145 Å². The minimum Gasteiger partial charge on any atom is -0.490 e. The zero-order valence-corrected chi connectivity index (χ0v) is 13.4. The summed E-state index contributed by atoms with van der Waals surface area (Å²) in [6.07, 6.45) is 3.88. The number of benzene rings is 3. The summed E-state index contributed by atoms with van der Waals surface area (Å²) in [5, 5.41) is 11.0. The quantitative estimate of drug-likeness (QED) is 0.543. The molecule has 0 saturated carbocycles. The lowest BCUT2D eigenvalue weighted by molar-refractivity contribution is -0.131. The predicted molar refractivity (Wildman–Crippen MR) is 96.9 cm³/mol. The van der Waals surface area contributed by atoms with E-state index in [4.69, 9.17) is 9.84 Å². The molecule has 0 unspecified atom stereocenters. The zero-order chi connectivity index (χ0) is 17.6. The molecule has 4 nitrogen and oxygen atoms in total. The summed E-state index contributed by atoms with van der Waals surface area (Å²) >= 11 is 0. The van der Waals surface area contributed by atoms with E-state index in [1.807, 2.05) is 30.4 Å². The van der Waals surface area contributed by atoms with Gasteiger partial charge in [0.15, 0.2) is 0 Å². The highest BCUT2D eigenvalue weighted by molar-refractivity contribution is 6.39. The van der Waals surface area contributed by atoms with Gasteiger partial charge in [0, 0.05) is 5.56 Å². The highest BCUT2D eigenvalue weighted by Crippen LogP contribution is 2.17. The minimum absolute atomic E-state index is 0.131. The number of Topliss-reactive ketones (excluding diaryl/α,β-unsaturated/α-hetero) is 1. The first-order valence-corrected chi connectivity index (χ1v) is 7.79. The number of carbonyl (C=O) groups is 2. The zero-order valence-electron chi connectivity index (χ0n) is 13.4. The third-order valence-electron chi connectivity index (χ3n) is 3.74. The van der Waals surface area contributed by atoms with Crippen LogP contribution in [0.1, 0.15) is 15.9 Å². The summed E-state index contributed by atoms with van der Waals surface area (Å²) < 4.78 is 5.56. The molecule has 0 aliphatic heterocycles. The molecule has 0 atom stereocenters. The molecule has 4 heteroatoms.